The molecule has 1 aromatic heterocycles. The molecular weight excluding hydrogens is 496 g/mol. The normalized spacial score (nSPS) is 16.8. The Hall–Kier alpha value is -3.75. The van der Waals surface area contributed by atoms with Gasteiger partial charge in [-0.15, -0.1) is 0 Å². The minimum atomic E-state index is -0.474. The van der Waals surface area contributed by atoms with Gasteiger partial charge in [0.25, 0.3) is 5.91 Å². The van der Waals surface area contributed by atoms with E-state index in [4.69, 9.17) is 21.0 Å². The number of benzene rings is 2. The Bertz CT molecular complexity index is 1370. The van der Waals surface area contributed by atoms with Gasteiger partial charge in [0.15, 0.2) is 5.17 Å². The number of furan rings is 1. The smallest absolute Gasteiger partial charge is 0.255 e. The molecule has 0 saturated carbocycles. The molecular formula is C27H23ClN4O3S. The number of rotatable bonds is 7. The van der Waals surface area contributed by atoms with Crippen LogP contribution in [0.4, 0.5) is 5.69 Å². The van der Waals surface area contributed by atoms with Crippen molar-refractivity contribution in [3.05, 3.63) is 112 Å². The Morgan fingerprint density at radius 2 is 1.86 bits per heavy atom. The summed E-state index contributed by atoms with van der Waals surface area (Å²) in [5, 5.41) is 9.11. The van der Waals surface area contributed by atoms with E-state index in [0.29, 0.717) is 34.3 Å². The predicted molar refractivity (Wildman–Crippen MR) is 142 cm³/mol. The Morgan fingerprint density at radius 1 is 1.08 bits per heavy atom. The maximum absolute atomic E-state index is 13.6. The quantitative estimate of drug-likeness (QED) is 0.409. The lowest BCUT2D eigenvalue weighted by Crippen LogP contribution is -2.38. The molecule has 7 nitrogen and oxygen atoms in total. The third-order valence-electron chi connectivity index (χ3n) is 5.84. The number of nitrogens with one attached hydrogen (secondary N) is 2. The van der Waals surface area contributed by atoms with E-state index < -0.39 is 6.04 Å². The topological polar surface area (TPSA) is 86.9 Å². The first-order chi connectivity index (χ1) is 17.5. The van der Waals surface area contributed by atoms with Gasteiger partial charge in [-0.3, -0.25) is 9.59 Å². The van der Waals surface area contributed by atoms with Crippen molar-refractivity contribution in [3.63, 3.8) is 0 Å². The molecule has 2 amide bonds. The molecule has 0 saturated heterocycles. The zero-order valence-corrected chi connectivity index (χ0v) is 21.0. The first-order valence-corrected chi connectivity index (χ1v) is 12.6. The van der Waals surface area contributed by atoms with Crippen molar-refractivity contribution in [2.24, 2.45) is 4.99 Å². The van der Waals surface area contributed by atoms with E-state index in [-0.39, 0.29) is 18.2 Å². The Morgan fingerprint density at radius 3 is 2.58 bits per heavy atom. The monoisotopic (exact) mass is 518 g/mol. The minimum Gasteiger partial charge on any atom is -0.467 e. The molecule has 3 aromatic rings. The summed E-state index contributed by atoms with van der Waals surface area (Å²) in [6.45, 7) is 2.14. The number of anilines is 1. The third kappa shape index (κ3) is 5.10. The van der Waals surface area contributed by atoms with Gasteiger partial charge < -0.3 is 20.0 Å². The van der Waals surface area contributed by atoms with Crippen molar-refractivity contribution in [1.29, 1.82) is 0 Å². The van der Waals surface area contributed by atoms with Crippen LogP contribution in [0, 0.1) is 0 Å². The number of carbonyl (C=O) groups is 2. The van der Waals surface area contributed by atoms with Crippen LogP contribution in [0.5, 0.6) is 0 Å². The summed E-state index contributed by atoms with van der Waals surface area (Å²) in [6.07, 6.45) is 1.70. The van der Waals surface area contributed by atoms with Crippen LogP contribution in [0.25, 0.3) is 0 Å². The molecule has 2 aliphatic heterocycles. The van der Waals surface area contributed by atoms with Gasteiger partial charge in [0.05, 0.1) is 36.5 Å². The van der Waals surface area contributed by atoms with Gasteiger partial charge in [-0.25, -0.2) is 4.99 Å². The summed E-state index contributed by atoms with van der Waals surface area (Å²) < 4.78 is 5.30. The second-order valence-electron chi connectivity index (χ2n) is 8.30. The fourth-order valence-electron chi connectivity index (χ4n) is 4.17. The van der Waals surface area contributed by atoms with Gasteiger partial charge >= 0.3 is 0 Å². The predicted octanol–water partition coefficient (Wildman–Crippen LogP) is 5.85. The summed E-state index contributed by atoms with van der Waals surface area (Å²) >= 11 is 7.61. The summed E-state index contributed by atoms with van der Waals surface area (Å²) in [5.41, 5.74) is 3.45. The molecule has 0 fully saturated rings. The number of hydrogen-bond donors (Lipinski definition) is 2. The number of para-hydroxylation sites is 1. The molecule has 2 aliphatic rings. The molecule has 0 radical (unpaired) electrons. The van der Waals surface area contributed by atoms with Crippen molar-refractivity contribution in [1.82, 2.24) is 10.2 Å². The van der Waals surface area contributed by atoms with E-state index in [0.717, 1.165) is 16.4 Å². The maximum atomic E-state index is 13.6. The fourth-order valence-corrected chi connectivity index (χ4v) is 5.26. The van der Waals surface area contributed by atoms with Crippen LogP contribution in [0.1, 0.15) is 30.7 Å². The molecule has 182 valence electrons. The third-order valence-corrected chi connectivity index (χ3v) is 6.98. The fraction of sp³-hybridized carbons (Fsp3) is 0.148. The van der Waals surface area contributed by atoms with Crippen molar-refractivity contribution < 1.29 is 14.0 Å². The lowest BCUT2D eigenvalue weighted by atomic mass is 9.93. The molecule has 3 heterocycles. The van der Waals surface area contributed by atoms with E-state index in [1.807, 2.05) is 65.8 Å². The standard InChI is InChI=1S/C27H23ClN4O3S/c1-17-24(26(34)31-20-6-3-2-4-7-20)25(18-9-11-19(28)12-10-18)32-21(16-36-27(32)30-17)14-23(33)29-15-22-8-5-13-35-22/h2-13,16,25H,14-15H2,1H3,(H,29,33)(H,31,34). The number of nitrogens with zero attached hydrogens (tertiary/aromatic N) is 2. The van der Waals surface area contributed by atoms with Crippen molar-refractivity contribution in [2.45, 2.75) is 25.9 Å². The highest BCUT2D eigenvalue weighted by Crippen LogP contribution is 2.45. The van der Waals surface area contributed by atoms with Crippen LogP contribution in [-0.4, -0.2) is 21.9 Å². The Kier molecular flexibility index (Phi) is 6.97. The number of allylic oxidation sites excluding steroid dienone is 1. The van der Waals surface area contributed by atoms with Gasteiger partial charge in [-0.05, 0) is 54.3 Å². The van der Waals surface area contributed by atoms with E-state index in [9.17, 15) is 9.59 Å². The van der Waals surface area contributed by atoms with E-state index in [1.54, 1.807) is 24.5 Å². The average molecular weight is 519 g/mol. The van der Waals surface area contributed by atoms with Crippen molar-refractivity contribution in [2.75, 3.05) is 5.32 Å². The van der Waals surface area contributed by atoms with Crippen LogP contribution in [0.15, 0.2) is 105 Å². The van der Waals surface area contributed by atoms with Gasteiger partial charge in [0.2, 0.25) is 5.91 Å². The summed E-state index contributed by atoms with van der Waals surface area (Å²) in [4.78, 5) is 33.1. The van der Waals surface area contributed by atoms with Gasteiger partial charge in [0, 0.05) is 16.4 Å². The molecule has 2 aromatic carbocycles. The molecule has 5 rings (SSSR count). The van der Waals surface area contributed by atoms with Crippen molar-refractivity contribution >= 4 is 46.0 Å². The molecule has 2 N–H and O–H groups in total. The van der Waals surface area contributed by atoms with Crippen molar-refractivity contribution in [3.8, 4) is 0 Å². The second kappa shape index (κ2) is 10.5. The maximum Gasteiger partial charge on any atom is 0.255 e. The first-order valence-electron chi connectivity index (χ1n) is 11.3. The zero-order chi connectivity index (χ0) is 25.1. The summed E-state index contributed by atoms with van der Waals surface area (Å²) in [6, 6.07) is 19.8. The minimum absolute atomic E-state index is 0.128. The SMILES string of the molecule is CC1=C(C(=O)Nc2ccccc2)C(c2ccc(Cl)cc2)N2C(CC(=O)NCc3ccco3)=CSC2=N1. The number of amidine groups is 1. The number of thioether (sulfide) groups is 1. The Labute approximate surface area is 217 Å². The largest absolute Gasteiger partial charge is 0.467 e. The highest BCUT2D eigenvalue weighted by molar-refractivity contribution is 8.16. The molecule has 1 atom stereocenters. The van der Waals surface area contributed by atoms with Crippen LogP contribution >= 0.6 is 23.4 Å². The highest BCUT2D eigenvalue weighted by Gasteiger charge is 2.40. The number of halogens is 1. The summed E-state index contributed by atoms with van der Waals surface area (Å²) in [5.74, 6) is 0.270. The number of aliphatic imine (C=N–C) groups is 1. The van der Waals surface area contributed by atoms with E-state index in [1.165, 1.54) is 11.8 Å². The van der Waals surface area contributed by atoms with E-state index in [2.05, 4.69) is 10.6 Å². The highest BCUT2D eigenvalue weighted by atomic mass is 35.5. The van der Waals surface area contributed by atoms with Gasteiger partial charge in [-0.1, -0.05) is 53.7 Å². The molecule has 1 unspecified atom stereocenters. The lowest BCUT2D eigenvalue weighted by molar-refractivity contribution is -0.120. The number of amides is 2. The molecule has 0 spiro atoms. The second-order valence-corrected chi connectivity index (χ2v) is 9.57. The zero-order valence-electron chi connectivity index (χ0n) is 19.4. The number of carbonyl (C=O) groups excluding carboxylic acids is 2. The van der Waals surface area contributed by atoms with Gasteiger partial charge in [-0.2, -0.15) is 0 Å². The number of fused-ring (bicyclic) bond motifs is 1. The molecule has 9 heteroatoms. The number of hydrogen-bond acceptors (Lipinski definition) is 6. The van der Waals surface area contributed by atoms with E-state index >= 15 is 0 Å². The Balaban J connectivity index is 1.44. The summed E-state index contributed by atoms with van der Waals surface area (Å²) in [7, 11) is 0. The molecule has 0 aliphatic carbocycles. The van der Waals surface area contributed by atoms with Gasteiger partial charge in [0.1, 0.15) is 5.76 Å². The van der Waals surface area contributed by atoms with Crippen LogP contribution in [0.3, 0.4) is 0 Å². The molecule has 36 heavy (non-hydrogen) atoms. The lowest BCUT2D eigenvalue weighted by Gasteiger charge is -2.36. The first kappa shape index (κ1) is 24.0. The molecule has 0 bridgehead atoms. The average Bonchev–Trinajstić information content (AvgIpc) is 3.53. The van der Waals surface area contributed by atoms with Crippen LogP contribution in [-0.2, 0) is 16.1 Å². The van der Waals surface area contributed by atoms with Crippen LogP contribution < -0.4 is 10.6 Å². The van der Waals surface area contributed by atoms with Crippen LogP contribution in [0.2, 0.25) is 5.02 Å².